The van der Waals surface area contributed by atoms with Crippen molar-refractivity contribution >= 4 is 38.7 Å². The Hall–Kier alpha value is -1.87. The van der Waals surface area contributed by atoms with E-state index in [1.54, 1.807) is 10.7 Å². The van der Waals surface area contributed by atoms with Crippen LogP contribution < -0.4 is 5.32 Å². The fourth-order valence-corrected chi connectivity index (χ4v) is 2.97. The molecule has 0 saturated carbocycles. The van der Waals surface area contributed by atoms with Gasteiger partial charge < -0.3 is 5.32 Å². The van der Waals surface area contributed by atoms with Crippen molar-refractivity contribution in [2.75, 3.05) is 5.32 Å². The second kappa shape index (κ2) is 5.02. The lowest BCUT2D eigenvalue weighted by Gasteiger charge is -1.99. The molecule has 0 aliphatic rings. The second-order valence-corrected chi connectivity index (χ2v) is 5.76. The van der Waals surface area contributed by atoms with Crippen molar-refractivity contribution in [1.82, 2.24) is 24.8 Å². The van der Waals surface area contributed by atoms with Gasteiger partial charge >= 0.3 is 0 Å². The Kier molecular flexibility index (Phi) is 3.22. The molecule has 0 radical (unpaired) electrons. The molecular weight excluding hydrogens is 284 g/mol. The molecule has 0 bridgehead atoms. The van der Waals surface area contributed by atoms with Gasteiger partial charge in [-0.25, -0.2) is 4.98 Å². The van der Waals surface area contributed by atoms with Gasteiger partial charge in [0.1, 0.15) is 5.01 Å². The van der Waals surface area contributed by atoms with Gasteiger partial charge in [-0.1, -0.05) is 11.3 Å². The predicted molar refractivity (Wildman–Crippen MR) is 72.5 cm³/mol. The zero-order valence-corrected chi connectivity index (χ0v) is 11.7. The van der Waals surface area contributed by atoms with Gasteiger partial charge in [-0.2, -0.15) is 9.61 Å². The van der Waals surface area contributed by atoms with Gasteiger partial charge in [-0.05, 0) is 6.92 Å². The molecule has 9 heteroatoms. The molecule has 0 unspecified atom stereocenters. The summed E-state index contributed by atoms with van der Waals surface area (Å²) < 4.78 is 1.69. The van der Waals surface area contributed by atoms with Crippen molar-refractivity contribution in [1.29, 1.82) is 0 Å². The third kappa shape index (κ3) is 2.61. The van der Waals surface area contributed by atoms with Crippen LogP contribution in [0.15, 0.2) is 11.6 Å². The normalized spacial score (nSPS) is 11.0. The summed E-state index contributed by atoms with van der Waals surface area (Å²) in [5.41, 5.74) is 0. The van der Waals surface area contributed by atoms with Crippen molar-refractivity contribution in [3.63, 3.8) is 0 Å². The summed E-state index contributed by atoms with van der Waals surface area (Å²) in [5.74, 6) is 0.697. The van der Waals surface area contributed by atoms with Crippen molar-refractivity contribution in [3.05, 3.63) is 22.4 Å². The number of anilines is 1. The molecular formula is C10H10N6OS2. The third-order valence-electron chi connectivity index (χ3n) is 2.43. The monoisotopic (exact) mass is 294 g/mol. The van der Waals surface area contributed by atoms with E-state index in [4.69, 9.17) is 0 Å². The Morgan fingerprint density at radius 2 is 2.37 bits per heavy atom. The Morgan fingerprint density at radius 3 is 3.11 bits per heavy atom. The van der Waals surface area contributed by atoms with E-state index in [9.17, 15) is 4.79 Å². The van der Waals surface area contributed by atoms with Crippen LogP contribution in [0.3, 0.4) is 0 Å². The molecule has 0 aromatic carbocycles. The molecule has 1 amide bonds. The Balaban J connectivity index is 1.60. The maximum absolute atomic E-state index is 11.7. The zero-order valence-electron chi connectivity index (χ0n) is 10.0. The minimum atomic E-state index is -0.0577. The Morgan fingerprint density at radius 1 is 1.47 bits per heavy atom. The van der Waals surface area contributed by atoms with E-state index in [2.05, 4.69) is 25.6 Å². The predicted octanol–water partition coefficient (Wildman–Crippen LogP) is 1.52. The summed E-state index contributed by atoms with van der Waals surface area (Å²) >= 11 is 2.85. The second-order valence-electron chi connectivity index (χ2n) is 3.82. The first-order valence-corrected chi connectivity index (χ1v) is 7.29. The average Bonchev–Trinajstić information content (AvgIpc) is 3.07. The number of amides is 1. The van der Waals surface area contributed by atoms with Crippen molar-refractivity contribution in [3.8, 4) is 0 Å². The van der Waals surface area contributed by atoms with E-state index in [-0.39, 0.29) is 5.91 Å². The van der Waals surface area contributed by atoms with Crippen LogP contribution in [0.4, 0.5) is 5.13 Å². The highest BCUT2D eigenvalue weighted by atomic mass is 32.1. The summed E-state index contributed by atoms with van der Waals surface area (Å²) in [6.45, 7) is 1.85. The molecule has 98 valence electrons. The van der Waals surface area contributed by atoms with Crippen LogP contribution in [-0.2, 0) is 11.2 Å². The molecule has 0 spiro atoms. The van der Waals surface area contributed by atoms with Crippen LogP contribution in [0.25, 0.3) is 4.96 Å². The third-order valence-corrected chi connectivity index (χ3v) is 4.08. The lowest BCUT2D eigenvalue weighted by molar-refractivity contribution is -0.116. The Labute approximate surface area is 116 Å². The summed E-state index contributed by atoms with van der Waals surface area (Å²) in [6, 6.07) is 0. The largest absolute Gasteiger partial charge is 0.302 e. The summed E-state index contributed by atoms with van der Waals surface area (Å²) in [7, 11) is 0. The number of nitrogens with zero attached hydrogens (tertiary/aromatic N) is 5. The molecule has 1 N–H and O–H groups in total. The molecule has 0 aliphatic heterocycles. The number of rotatable bonds is 4. The molecule has 0 saturated heterocycles. The lowest BCUT2D eigenvalue weighted by Crippen LogP contribution is -2.12. The van der Waals surface area contributed by atoms with Crippen molar-refractivity contribution < 1.29 is 4.79 Å². The fourth-order valence-electron chi connectivity index (χ4n) is 1.54. The first-order valence-electron chi connectivity index (χ1n) is 5.59. The standard InChI is InChI=1S/C10H10N6OS2/c1-6-13-14-10-16(6)15-8(19-10)3-2-7(17)12-9-11-4-5-18-9/h4-5H,2-3H2,1H3,(H,11,12,17). The van der Waals surface area contributed by atoms with E-state index in [1.165, 1.54) is 22.7 Å². The minimum absolute atomic E-state index is 0.0577. The van der Waals surface area contributed by atoms with E-state index in [1.807, 2.05) is 12.3 Å². The SMILES string of the molecule is Cc1nnc2sc(CCC(=O)Nc3nccs3)nn12. The molecule has 0 fully saturated rings. The van der Waals surface area contributed by atoms with Gasteiger partial charge in [0, 0.05) is 24.4 Å². The number of aryl methyl sites for hydroxylation is 2. The van der Waals surface area contributed by atoms with E-state index in [0.29, 0.717) is 18.0 Å². The number of hydrogen-bond donors (Lipinski definition) is 1. The number of carbonyl (C=O) groups is 1. The number of fused-ring (bicyclic) bond motifs is 1. The summed E-state index contributed by atoms with van der Waals surface area (Å²) in [4.78, 5) is 16.5. The van der Waals surface area contributed by atoms with Gasteiger partial charge in [-0.3, -0.25) is 4.79 Å². The molecule has 0 aliphatic carbocycles. The number of carbonyl (C=O) groups excluding carboxylic acids is 1. The van der Waals surface area contributed by atoms with Gasteiger partial charge in [-0.15, -0.1) is 21.5 Å². The van der Waals surface area contributed by atoms with Gasteiger partial charge in [0.05, 0.1) is 0 Å². The average molecular weight is 294 g/mol. The molecule has 3 aromatic heterocycles. The maximum atomic E-state index is 11.7. The van der Waals surface area contributed by atoms with Crippen LogP contribution in [0.2, 0.25) is 0 Å². The van der Waals surface area contributed by atoms with E-state index >= 15 is 0 Å². The fraction of sp³-hybridized carbons (Fsp3) is 0.300. The highest BCUT2D eigenvalue weighted by Crippen LogP contribution is 2.16. The first kappa shape index (κ1) is 12.2. The molecule has 3 aromatic rings. The highest BCUT2D eigenvalue weighted by Gasteiger charge is 2.10. The van der Waals surface area contributed by atoms with Crippen molar-refractivity contribution in [2.24, 2.45) is 0 Å². The van der Waals surface area contributed by atoms with E-state index < -0.39 is 0 Å². The number of thiazole rings is 1. The van der Waals surface area contributed by atoms with E-state index in [0.717, 1.165) is 15.8 Å². The maximum Gasteiger partial charge on any atom is 0.234 e. The Bertz CT molecular complexity index is 701. The molecule has 3 rings (SSSR count). The smallest absolute Gasteiger partial charge is 0.234 e. The topological polar surface area (TPSA) is 85.1 Å². The van der Waals surface area contributed by atoms with Gasteiger partial charge in [0.15, 0.2) is 11.0 Å². The van der Waals surface area contributed by atoms with Crippen LogP contribution in [-0.4, -0.2) is 30.7 Å². The highest BCUT2D eigenvalue weighted by molar-refractivity contribution is 7.16. The van der Waals surface area contributed by atoms with Crippen LogP contribution in [0, 0.1) is 6.92 Å². The number of hydrogen-bond acceptors (Lipinski definition) is 7. The first-order chi connectivity index (χ1) is 9.22. The van der Waals surface area contributed by atoms with Gasteiger partial charge in [0.2, 0.25) is 10.9 Å². The van der Waals surface area contributed by atoms with Crippen molar-refractivity contribution in [2.45, 2.75) is 19.8 Å². The van der Waals surface area contributed by atoms with Crippen LogP contribution in [0.5, 0.6) is 0 Å². The molecule has 0 atom stereocenters. The quantitative estimate of drug-likeness (QED) is 0.788. The lowest BCUT2D eigenvalue weighted by atomic mass is 10.3. The van der Waals surface area contributed by atoms with Crippen LogP contribution >= 0.6 is 22.7 Å². The molecule has 3 heterocycles. The number of aromatic nitrogens is 5. The van der Waals surface area contributed by atoms with Crippen LogP contribution in [0.1, 0.15) is 17.3 Å². The summed E-state index contributed by atoms with van der Waals surface area (Å²) in [6.07, 6.45) is 2.62. The number of nitrogens with one attached hydrogen (secondary N) is 1. The minimum Gasteiger partial charge on any atom is -0.302 e. The molecule has 7 nitrogen and oxygen atoms in total. The summed E-state index contributed by atoms with van der Waals surface area (Å²) in [5, 5.41) is 18.3. The molecule has 19 heavy (non-hydrogen) atoms. The van der Waals surface area contributed by atoms with Gasteiger partial charge in [0.25, 0.3) is 0 Å². The zero-order chi connectivity index (χ0) is 13.2.